The van der Waals surface area contributed by atoms with Crippen LogP contribution in [0.5, 0.6) is 0 Å². The van der Waals surface area contributed by atoms with E-state index in [0.717, 1.165) is 17.8 Å². The Hall–Kier alpha value is -7.48. The van der Waals surface area contributed by atoms with E-state index in [2.05, 4.69) is 233 Å². The summed E-state index contributed by atoms with van der Waals surface area (Å²) >= 11 is 0. The molecule has 7 aromatic rings. The molecule has 2 aliphatic rings. The highest BCUT2D eigenvalue weighted by molar-refractivity contribution is 6.20. The average molecular weight is 842 g/mol. The Morgan fingerprint density at radius 1 is 0.646 bits per heavy atom. The minimum absolute atomic E-state index is 0.491. The molecule has 1 nitrogen and oxygen atoms in total. The summed E-state index contributed by atoms with van der Waals surface area (Å²) in [6.45, 7) is 20.9. The minimum atomic E-state index is -0.491. The van der Waals surface area contributed by atoms with Crippen LogP contribution >= 0.6 is 0 Å². The van der Waals surface area contributed by atoms with Gasteiger partial charge >= 0.3 is 0 Å². The molecule has 65 heavy (non-hydrogen) atoms. The van der Waals surface area contributed by atoms with Crippen LogP contribution in [0.15, 0.2) is 213 Å². The van der Waals surface area contributed by atoms with Crippen LogP contribution in [0, 0.1) is 6.92 Å². The van der Waals surface area contributed by atoms with Crippen LogP contribution in [-0.4, -0.2) is 4.57 Å². The summed E-state index contributed by atoms with van der Waals surface area (Å²) in [5.41, 5.74) is 17.8. The zero-order chi connectivity index (χ0) is 45.5. The van der Waals surface area contributed by atoms with E-state index < -0.39 is 5.41 Å². The quantitative estimate of drug-likeness (QED) is 0.0903. The highest BCUT2D eigenvalue weighted by atomic mass is 15.0. The maximum absolute atomic E-state index is 4.32. The summed E-state index contributed by atoms with van der Waals surface area (Å²) in [5, 5.41) is 4.91. The second-order valence-corrected chi connectivity index (χ2v) is 16.3. The van der Waals surface area contributed by atoms with E-state index in [4.69, 9.17) is 0 Å². The third kappa shape index (κ3) is 7.62. The van der Waals surface area contributed by atoms with Crippen molar-refractivity contribution in [2.45, 2.75) is 53.4 Å². The summed E-state index contributed by atoms with van der Waals surface area (Å²) < 4.78 is 2.38. The Morgan fingerprint density at radius 2 is 1.29 bits per heavy atom. The number of benzene rings is 6. The van der Waals surface area contributed by atoms with Gasteiger partial charge < -0.3 is 4.57 Å². The summed E-state index contributed by atoms with van der Waals surface area (Å²) in [4.78, 5) is 0. The molecule has 0 aliphatic heterocycles. The van der Waals surface area contributed by atoms with Gasteiger partial charge in [-0.3, -0.25) is 0 Å². The van der Waals surface area contributed by atoms with Crippen molar-refractivity contribution < 1.29 is 0 Å². The maximum atomic E-state index is 4.32. The first-order valence-corrected chi connectivity index (χ1v) is 23.1. The molecule has 2 aliphatic carbocycles. The van der Waals surface area contributed by atoms with Crippen molar-refractivity contribution in [2.24, 2.45) is 0 Å². The molecule has 320 valence electrons. The number of aromatic nitrogens is 1. The molecule has 6 aromatic carbocycles. The highest BCUT2D eigenvalue weighted by Gasteiger charge is 2.46. The molecule has 0 saturated carbocycles. The van der Waals surface area contributed by atoms with Crippen molar-refractivity contribution in [3.05, 3.63) is 258 Å². The Kier molecular flexibility index (Phi) is 13.2. The normalized spacial score (nSPS) is 15.9. The van der Waals surface area contributed by atoms with Gasteiger partial charge in [0.2, 0.25) is 0 Å². The number of hydrogen-bond donors (Lipinski definition) is 0. The second kappa shape index (κ2) is 19.5. The van der Waals surface area contributed by atoms with E-state index in [0.29, 0.717) is 0 Å². The van der Waals surface area contributed by atoms with Crippen molar-refractivity contribution >= 4 is 51.0 Å². The van der Waals surface area contributed by atoms with Crippen molar-refractivity contribution in [1.29, 1.82) is 0 Å². The van der Waals surface area contributed by atoms with E-state index in [9.17, 15) is 0 Å². The first kappa shape index (κ1) is 44.1. The molecule has 1 unspecified atom stereocenters. The molecule has 9 rings (SSSR count). The molecule has 0 saturated heterocycles. The zero-order valence-electron chi connectivity index (χ0n) is 38.8. The van der Waals surface area contributed by atoms with Gasteiger partial charge in [0.1, 0.15) is 0 Å². The molecule has 0 fully saturated rings. The second-order valence-electron chi connectivity index (χ2n) is 16.3. The molecule has 1 atom stereocenters. The molecule has 0 N–H and O–H groups in total. The Morgan fingerprint density at radius 3 is 1.95 bits per heavy atom. The highest BCUT2D eigenvalue weighted by Crippen LogP contribution is 2.57. The SMILES string of the molecule is C=C/C=C\C=C(/C)C1(c2ccccc2)c2ccccc2-c2ccc(-c3c4ccccc4c(C4=CC(n5c(C)c(/C=C\C=C/C)c(/C=C\C)c5C=C)=CCC=C4)c4ccccc34)cc21.CC. The van der Waals surface area contributed by atoms with Gasteiger partial charge in [0.15, 0.2) is 0 Å². The van der Waals surface area contributed by atoms with Crippen LogP contribution in [0.25, 0.3) is 73.3 Å². The van der Waals surface area contributed by atoms with Crippen LogP contribution in [-0.2, 0) is 5.41 Å². The van der Waals surface area contributed by atoms with Gasteiger partial charge in [-0.25, -0.2) is 0 Å². The molecular formula is C64H59N. The van der Waals surface area contributed by atoms with Crippen molar-refractivity contribution in [3.8, 4) is 22.3 Å². The summed E-state index contributed by atoms with van der Waals surface area (Å²) in [6, 6.07) is 45.2. The lowest BCUT2D eigenvalue weighted by atomic mass is 9.67. The van der Waals surface area contributed by atoms with E-state index in [-0.39, 0.29) is 0 Å². The third-order valence-electron chi connectivity index (χ3n) is 12.9. The summed E-state index contributed by atoms with van der Waals surface area (Å²) in [6.07, 6.45) is 33.2. The molecule has 0 radical (unpaired) electrons. The topological polar surface area (TPSA) is 4.93 Å². The number of rotatable bonds is 11. The van der Waals surface area contributed by atoms with E-state index in [1.54, 1.807) is 0 Å². The Bertz CT molecular complexity index is 3140. The van der Waals surface area contributed by atoms with Gasteiger partial charge in [0.05, 0.1) is 11.1 Å². The van der Waals surface area contributed by atoms with Crippen molar-refractivity contribution in [2.75, 3.05) is 0 Å². The monoisotopic (exact) mass is 841 g/mol. The standard InChI is InChI=1S/C62H53N.C2H6/c1-7-11-14-27-43(5)62(47-29-16-13-17-30-47)57-38-25-24-33-50(57)51-40-39-46(42-58(51)62)61-55-36-22-20-34-53(55)60(54-35-21-23-37-56(54)61)45-28-18-19-31-48(41-45)63-44(6)49(32-15-12-8-2)52(26-9-3)59(63)10-4;1-2/h7-18,20-42H,1,4,19H2,2-3,5-6H3;1-2H3/b12-8-,14-11-,26-9-,32-15-,43-27+;. The fourth-order valence-corrected chi connectivity index (χ4v) is 10.3. The molecule has 0 spiro atoms. The van der Waals surface area contributed by atoms with Gasteiger partial charge in [-0.2, -0.15) is 0 Å². The van der Waals surface area contributed by atoms with Crippen LogP contribution in [0.3, 0.4) is 0 Å². The predicted octanol–water partition coefficient (Wildman–Crippen LogP) is 17.9. The fraction of sp³-hybridized carbons (Fsp3) is 0.125. The lowest BCUT2D eigenvalue weighted by molar-refractivity contribution is 0.747. The predicted molar refractivity (Wildman–Crippen MR) is 287 cm³/mol. The van der Waals surface area contributed by atoms with Crippen LogP contribution < -0.4 is 0 Å². The average Bonchev–Trinajstić information content (AvgIpc) is 3.65. The molecular weight excluding hydrogens is 783 g/mol. The van der Waals surface area contributed by atoms with Crippen molar-refractivity contribution in [3.63, 3.8) is 0 Å². The van der Waals surface area contributed by atoms with Gasteiger partial charge in [-0.1, -0.05) is 227 Å². The summed E-state index contributed by atoms with van der Waals surface area (Å²) in [5.74, 6) is 0. The lowest BCUT2D eigenvalue weighted by Gasteiger charge is -2.34. The molecule has 1 heteroatoms. The first-order chi connectivity index (χ1) is 32.0. The van der Waals surface area contributed by atoms with Crippen molar-refractivity contribution in [1.82, 2.24) is 4.57 Å². The Balaban J connectivity index is 0.00000284. The van der Waals surface area contributed by atoms with Crippen LogP contribution in [0.1, 0.15) is 85.8 Å². The maximum Gasteiger partial charge on any atom is 0.0674 e. The largest absolute Gasteiger partial charge is 0.314 e. The number of nitrogens with zero attached hydrogens (tertiary/aromatic N) is 1. The molecule has 1 heterocycles. The van der Waals surface area contributed by atoms with E-state index >= 15 is 0 Å². The van der Waals surface area contributed by atoms with E-state index in [1.165, 1.54) is 94.0 Å². The number of hydrogen-bond acceptors (Lipinski definition) is 0. The molecule has 0 amide bonds. The smallest absolute Gasteiger partial charge is 0.0674 e. The zero-order valence-corrected chi connectivity index (χ0v) is 38.8. The molecule has 0 bridgehead atoms. The first-order valence-electron chi connectivity index (χ1n) is 23.1. The van der Waals surface area contributed by atoms with Gasteiger partial charge in [0.25, 0.3) is 0 Å². The third-order valence-corrected chi connectivity index (χ3v) is 12.9. The fourth-order valence-electron chi connectivity index (χ4n) is 10.3. The number of fused-ring (bicyclic) bond motifs is 5. The Labute approximate surface area is 387 Å². The minimum Gasteiger partial charge on any atom is -0.314 e. The van der Waals surface area contributed by atoms with Crippen LogP contribution in [0.2, 0.25) is 0 Å². The lowest BCUT2D eigenvalue weighted by Crippen LogP contribution is -2.28. The van der Waals surface area contributed by atoms with Gasteiger partial charge in [-0.05, 0) is 124 Å². The van der Waals surface area contributed by atoms with E-state index in [1.807, 2.05) is 39.0 Å². The number of allylic oxidation sites excluding steroid dienone is 15. The van der Waals surface area contributed by atoms with Gasteiger partial charge in [-0.15, -0.1) is 0 Å². The molecule has 1 aromatic heterocycles. The van der Waals surface area contributed by atoms with Gasteiger partial charge in [0, 0.05) is 22.5 Å². The summed E-state index contributed by atoms with van der Waals surface area (Å²) in [7, 11) is 0. The van der Waals surface area contributed by atoms with Crippen LogP contribution in [0.4, 0.5) is 0 Å².